The Morgan fingerprint density at radius 2 is 2.50 bits per heavy atom. The summed E-state index contributed by atoms with van der Waals surface area (Å²) in [5.41, 5.74) is -0.479. The highest BCUT2D eigenvalue weighted by atomic mass is 32.1. The highest BCUT2D eigenvalue weighted by molar-refractivity contribution is 7.80. The molecule has 0 aliphatic carbocycles. The molecule has 0 aromatic rings. The van der Waals surface area contributed by atoms with Crippen LogP contribution in [0.5, 0.6) is 0 Å². The van der Waals surface area contributed by atoms with Gasteiger partial charge in [-0.25, -0.2) is 0 Å². The zero-order valence-electron chi connectivity index (χ0n) is 4.54. The first-order valence-electron chi connectivity index (χ1n) is 2.30. The molecule has 2 nitrogen and oxygen atoms in total. The van der Waals surface area contributed by atoms with Gasteiger partial charge in [-0.05, 0) is 0 Å². The van der Waals surface area contributed by atoms with Gasteiger partial charge in [0.2, 0.25) is 0 Å². The Hall–Kier alpha value is 0.01000. The lowest BCUT2D eigenvalue weighted by Gasteiger charge is -2.03. The van der Waals surface area contributed by atoms with E-state index in [4.69, 9.17) is 9.84 Å². The summed E-state index contributed by atoms with van der Waals surface area (Å²) in [6, 6.07) is 0. The first-order chi connectivity index (χ1) is 3.81. The Kier molecular flexibility index (Phi) is 5.16. The standard InChI is InChI=1S/C5H9O2S/c1-2-3-7-5(8)4-6/h2,5-6H,1,3-4H2. The molecule has 0 fully saturated rings. The summed E-state index contributed by atoms with van der Waals surface area (Å²) in [7, 11) is 0. The van der Waals surface area contributed by atoms with Crippen LogP contribution >= 0.6 is 12.6 Å². The van der Waals surface area contributed by atoms with E-state index in [1.165, 1.54) is 0 Å². The molecule has 1 radical (unpaired) electrons. The predicted molar refractivity (Wildman–Crippen MR) is 34.6 cm³/mol. The molecule has 1 atom stereocenters. The molecule has 8 heavy (non-hydrogen) atoms. The van der Waals surface area contributed by atoms with Crippen molar-refractivity contribution in [3.63, 3.8) is 0 Å². The van der Waals surface area contributed by atoms with Crippen molar-refractivity contribution in [1.29, 1.82) is 0 Å². The SMILES string of the molecule is C=CCOC([S])CO. The predicted octanol–water partition coefficient (Wildman–Crippen LogP) is 0.705. The molecular formula is C5H9O2S. The highest BCUT2D eigenvalue weighted by Crippen LogP contribution is 1.93. The fraction of sp³-hybridized carbons (Fsp3) is 0.600. The van der Waals surface area contributed by atoms with E-state index < -0.39 is 5.44 Å². The summed E-state index contributed by atoms with van der Waals surface area (Å²) in [5, 5.41) is 8.30. The molecule has 0 saturated heterocycles. The molecule has 0 aliphatic rings. The van der Waals surface area contributed by atoms with E-state index in [-0.39, 0.29) is 6.61 Å². The van der Waals surface area contributed by atoms with Crippen molar-refractivity contribution in [2.24, 2.45) is 0 Å². The second-order valence-corrected chi connectivity index (χ2v) is 1.76. The van der Waals surface area contributed by atoms with Gasteiger partial charge in [-0.1, -0.05) is 18.7 Å². The summed E-state index contributed by atoms with van der Waals surface area (Å²) in [6.07, 6.45) is 1.59. The number of hydrogen-bond donors (Lipinski definition) is 1. The summed E-state index contributed by atoms with van der Waals surface area (Å²) in [4.78, 5) is 0. The first-order valence-corrected chi connectivity index (χ1v) is 2.77. The second-order valence-electron chi connectivity index (χ2n) is 1.23. The molecule has 0 bridgehead atoms. The lowest BCUT2D eigenvalue weighted by molar-refractivity contribution is 0.0885. The number of rotatable bonds is 4. The summed E-state index contributed by atoms with van der Waals surface area (Å²) in [6.45, 7) is 3.72. The lowest BCUT2D eigenvalue weighted by atomic mass is 10.7. The van der Waals surface area contributed by atoms with Crippen LogP contribution in [0.3, 0.4) is 0 Å². The van der Waals surface area contributed by atoms with Gasteiger partial charge in [0.15, 0.2) is 0 Å². The van der Waals surface area contributed by atoms with Gasteiger partial charge in [0.1, 0.15) is 5.44 Å². The van der Waals surface area contributed by atoms with Crippen molar-refractivity contribution in [2.45, 2.75) is 5.44 Å². The van der Waals surface area contributed by atoms with Crippen LogP contribution < -0.4 is 0 Å². The van der Waals surface area contributed by atoms with Gasteiger partial charge in [0, 0.05) is 0 Å². The third-order valence-electron chi connectivity index (χ3n) is 0.549. The van der Waals surface area contributed by atoms with Gasteiger partial charge < -0.3 is 9.84 Å². The van der Waals surface area contributed by atoms with Crippen molar-refractivity contribution >= 4 is 12.6 Å². The van der Waals surface area contributed by atoms with E-state index in [0.717, 1.165) is 0 Å². The fourth-order valence-electron chi connectivity index (χ4n) is 0.228. The minimum atomic E-state index is -0.479. The minimum absolute atomic E-state index is 0.108. The minimum Gasteiger partial charge on any atom is -0.393 e. The molecule has 47 valence electrons. The van der Waals surface area contributed by atoms with Gasteiger partial charge in [-0.15, -0.1) is 6.58 Å². The zero-order valence-corrected chi connectivity index (χ0v) is 5.36. The molecule has 0 heterocycles. The lowest BCUT2D eigenvalue weighted by Crippen LogP contribution is -2.09. The van der Waals surface area contributed by atoms with Gasteiger partial charge >= 0.3 is 0 Å². The summed E-state index contributed by atoms with van der Waals surface area (Å²) < 4.78 is 4.79. The number of ether oxygens (including phenoxy) is 1. The molecule has 0 rings (SSSR count). The summed E-state index contributed by atoms with van der Waals surface area (Å²) in [5.74, 6) is 0. The van der Waals surface area contributed by atoms with Gasteiger partial charge in [-0.3, -0.25) is 0 Å². The van der Waals surface area contributed by atoms with Crippen molar-refractivity contribution in [2.75, 3.05) is 13.2 Å². The van der Waals surface area contributed by atoms with Crippen molar-refractivity contribution in [3.8, 4) is 0 Å². The van der Waals surface area contributed by atoms with E-state index in [1.54, 1.807) is 6.08 Å². The van der Waals surface area contributed by atoms with Crippen LogP contribution in [-0.2, 0) is 4.74 Å². The third kappa shape index (κ3) is 4.18. The molecule has 0 spiro atoms. The largest absolute Gasteiger partial charge is 0.393 e. The smallest absolute Gasteiger partial charge is 0.136 e. The van der Waals surface area contributed by atoms with Crippen LogP contribution in [0.25, 0.3) is 0 Å². The Bertz CT molecular complexity index is 65.4. The molecule has 1 unspecified atom stereocenters. The van der Waals surface area contributed by atoms with Gasteiger partial charge in [-0.2, -0.15) is 0 Å². The maximum atomic E-state index is 8.30. The number of hydrogen-bond acceptors (Lipinski definition) is 2. The average molecular weight is 133 g/mol. The van der Waals surface area contributed by atoms with Crippen LogP contribution in [-0.4, -0.2) is 23.8 Å². The Morgan fingerprint density at radius 3 is 2.88 bits per heavy atom. The van der Waals surface area contributed by atoms with Crippen LogP contribution in [0.4, 0.5) is 0 Å². The van der Waals surface area contributed by atoms with E-state index >= 15 is 0 Å². The van der Waals surface area contributed by atoms with E-state index in [2.05, 4.69) is 19.2 Å². The van der Waals surface area contributed by atoms with Crippen molar-refractivity contribution < 1.29 is 9.84 Å². The first kappa shape index (κ1) is 8.01. The second kappa shape index (κ2) is 5.15. The van der Waals surface area contributed by atoms with Crippen LogP contribution in [0.15, 0.2) is 12.7 Å². The van der Waals surface area contributed by atoms with Crippen LogP contribution in [0, 0.1) is 0 Å². The third-order valence-corrected chi connectivity index (χ3v) is 0.834. The molecule has 3 heteroatoms. The van der Waals surface area contributed by atoms with E-state index in [0.29, 0.717) is 6.61 Å². The fourth-order valence-corrected chi connectivity index (χ4v) is 0.307. The maximum Gasteiger partial charge on any atom is 0.136 e. The Morgan fingerprint density at radius 1 is 1.88 bits per heavy atom. The van der Waals surface area contributed by atoms with Gasteiger partial charge in [0.05, 0.1) is 13.2 Å². The van der Waals surface area contributed by atoms with E-state index in [1.807, 2.05) is 0 Å². The van der Waals surface area contributed by atoms with Gasteiger partial charge in [0.25, 0.3) is 0 Å². The van der Waals surface area contributed by atoms with Crippen LogP contribution in [0.1, 0.15) is 0 Å². The van der Waals surface area contributed by atoms with Crippen molar-refractivity contribution in [3.05, 3.63) is 12.7 Å². The topological polar surface area (TPSA) is 29.5 Å². The molecule has 0 amide bonds. The summed E-state index contributed by atoms with van der Waals surface area (Å²) >= 11 is 4.58. The molecule has 0 aliphatic heterocycles. The molecule has 1 N–H and O–H groups in total. The monoisotopic (exact) mass is 133 g/mol. The normalized spacial score (nSPS) is 13.2. The molecule has 0 saturated carbocycles. The molecule has 0 aromatic carbocycles. The Labute approximate surface area is 54.6 Å². The molecular weight excluding hydrogens is 124 g/mol. The average Bonchev–Trinajstić information content (AvgIpc) is 1.83. The highest BCUT2D eigenvalue weighted by Gasteiger charge is 1.96. The molecule has 0 aromatic heterocycles. The van der Waals surface area contributed by atoms with Crippen molar-refractivity contribution in [1.82, 2.24) is 0 Å². The number of aliphatic hydroxyl groups is 1. The quantitative estimate of drug-likeness (QED) is 0.572. The van der Waals surface area contributed by atoms with Crippen LogP contribution in [0.2, 0.25) is 0 Å². The maximum absolute atomic E-state index is 8.30. The number of aliphatic hydroxyl groups excluding tert-OH is 1. The zero-order chi connectivity index (χ0) is 6.41. The Balaban J connectivity index is 2.97. The van der Waals surface area contributed by atoms with E-state index in [9.17, 15) is 0 Å².